The van der Waals surface area contributed by atoms with Crippen molar-refractivity contribution in [3.8, 4) is 11.8 Å². The Kier molecular flexibility index (Phi) is 3.82. The van der Waals surface area contributed by atoms with Crippen LogP contribution in [-0.4, -0.2) is 5.11 Å². The maximum atomic E-state index is 12.1. The fraction of sp³-hybridized carbons (Fsp3) is 0.125. The summed E-state index contributed by atoms with van der Waals surface area (Å²) in [5.74, 6) is -0.730. The van der Waals surface area contributed by atoms with E-state index in [0.717, 1.165) is 6.07 Å². The first-order valence-corrected chi connectivity index (χ1v) is 7.03. The van der Waals surface area contributed by atoms with E-state index in [0.29, 0.717) is 10.6 Å². The largest absolute Gasteiger partial charge is 0.458 e. The number of aliphatic hydroxyl groups excluding tert-OH is 1. The third kappa shape index (κ3) is 2.57. The highest BCUT2D eigenvalue weighted by Crippen LogP contribution is 2.40. The van der Waals surface area contributed by atoms with Gasteiger partial charge in [-0.1, -0.05) is 23.7 Å². The van der Waals surface area contributed by atoms with Crippen LogP contribution >= 0.6 is 11.6 Å². The predicted octanol–water partition coefficient (Wildman–Crippen LogP) is 2.00. The molecule has 0 aliphatic carbocycles. The number of hydrogen-bond acceptors (Lipinski definition) is 6. The molecule has 1 aromatic carbocycles. The number of benzene rings is 1. The Morgan fingerprint density at radius 3 is 2.65 bits per heavy atom. The van der Waals surface area contributed by atoms with E-state index in [1.165, 1.54) is 0 Å². The minimum atomic E-state index is -0.708. The number of rotatable bonds is 2. The van der Waals surface area contributed by atoms with Crippen molar-refractivity contribution in [1.29, 1.82) is 5.26 Å². The van der Waals surface area contributed by atoms with E-state index < -0.39 is 18.0 Å². The number of hydrogen-bond donors (Lipinski definition) is 2. The summed E-state index contributed by atoms with van der Waals surface area (Å²) in [5.41, 5.74) is 6.09. The van der Waals surface area contributed by atoms with Gasteiger partial charge in [-0.05, 0) is 17.7 Å². The van der Waals surface area contributed by atoms with Gasteiger partial charge < -0.3 is 20.0 Å². The number of allylic oxidation sites excluding steroid dienone is 1. The molecule has 2 heterocycles. The summed E-state index contributed by atoms with van der Waals surface area (Å²) < 4.78 is 10.8. The molecule has 0 saturated heterocycles. The molecule has 1 unspecified atom stereocenters. The van der Waals surface area contributed by atoms with Gasteiger partial charge in [-0.3, -0.25) is 4.79 Å². The smallest absolute Gasteiger partial charge is 0.228 e. The summed E-state index contributed by atoms with van der Waals surface area (Å²) in [6.45, 7) is -0.447. The number of nitrogens with two attached hydrogens (primary N) is 1. The van der Waals surface area contributed by atoms with Crippen molar-refractivity contribution >= 4 is 11.6 Å². The topological polar surface area (TPSA) is 109 Å². The molecule has 0 amide bonds. The summed E-state index contributed by atoms with van der Waals surface area (Å²) in [6, 6.07) is 9.84. The van der Waals surface area contributed by atoms with Crippen LogP contribution in [0, 0.1) is 11.3 Å². The molecule has 1 aliphatic rings. The van der Waals surface area contributed by atoms with E-state index in [-0.39, 0.29) is 28.7 Å². The summed E-state index contributed by atoms with van der Waals surface area (Å²) in [5, 5.41) is 19.2. The molecular weight excluding hydrogens is 320 g/mol. The fourth-order valence-corrected chi connectivity index (χ4v) is 2.58. The van der Waals surface area contributed by atoms with Gasteiger partial charge in [-0.25, -0.2) is 0 Å². The van der Waals surface area contributed by atoms with Gasteiger partial charge in [0.15, 0.2) is 5.76 Å². The van der Waals surface area contributed by atoms with Crippen molar-refractivity contribution in [3.63, 3.8) is 0 Å². The Morgan fingerprint density at radius 1 is 1.35 bits per heavy atom. The Balaban J connectivity index is 2.28. The molecular formula is C16H11ClN2O4. The van der Waals surface area contributed by atoms with Crippen LogP contribution in [0.2, 0.25) is 5.02 Å². The van der Waals surface area contributed by atoms with Gasteiger partial charge in [-0.2, -0.15) is 5.26 Å². The number of ether oxygens (including phenoxy) is 1. The molecule has 0 spiro atoms. The second kappa shape index (κ2) is 5.80. The summed E-state index contributed by atoms with van der Waals surface area (Å²) in [7, 11) is 0. The third-order valence-corrected chi connectivity index (χ3v) is 3.74. The third-order valence-electron chi connectivity index (χ3n) is 3.49. The van der Waals surface area contributed by atoms with Gasteiger partial charge in [0.1, 0.15) is 24.0 Å². The summed E-state index contributed by atoms with van der Waals surface area (Å²) >= 11 is 5.89. The maximum absolute atomic E-state index is 12.1. The van der Waals surface area contributed by atoms with Crippen molar-refractivity contribution in [2.24, 2.45) is 5.73 Å². The highest BCUT2D eigenvalue weighted by atomic mass is 35.5. The Hall–Kier alpha value is -2.75. The Labute approximate surface area is 136 Å². The van der Waals surface area contributed by atoms with Gasteiger partial charge in [0, 0.05) is 11.1 Å². The zero-order valence-electron chi connectivity index (χ0n) is 11.7. The first-order chi connectivity index (χ1) is 11.0. The number of halogens is 1. The second-order valence-electron chi connectivity index (χ2n) is 4.90. The lowest BCUT2D eigenvalue weighted by Crippen LogP contribution is -2.25. The molecule has 0 fully saturated rings. The van der Waals surface area contributed by atoms with Crippen molar-refractivity contribution in [2.75, 3.05) is 0 Å². The van der Waals surface area contributed by atoms with Crippen molar-refractivity contribution in [2.45, 2.75) is 12.5 Å². The van der Waals surface area contributed by atoms with E-state index in [1.807, 2.05) is 6.07 Å². The zero-order chi connectivity index (χ0) is 16.6. The fourth-order valence-electron chi connectivity index (χ4n) is 2.45. The van der Waals surface area contributed by atoms with Crippen LogP contribution in [0.15, 0.2) is 51.0 Å². The number of nitriles is 1. The predicted molar refractivity (Wildman–Crippen MR) is 81.7 cm³/mol. The molecule has 7 heteroatoms. The molecule has 6 nitrogen and oxygen atoms in total. The van der Waals surface area contributed by atoms with Gasteiger partial charge in [-0.15, -0.1) is 0 Å². The Morgan fingerprint density at radius 2 is 2.04 bits per heavy atom. The molecule has 3 rings (SSSR count). The number of aliphatic hydroxyl groups is 1. The van der Waals surface area contributed by atoms with Gasteiger partial charge >= 0.3 is 0 Å². The van der Waals surface area contributed by atoms with Crippen molar-refractivity contribution < 1.29 is 14.3 Å². The molecule has 1 atom stereocenters. The van der Waals surface area contributed by atoms with Crippen LogP contribution in [-0.2, 0) is 6.61 Å². The van der Waals surface area contributed by atoms with Crippen LogP contribution in [0.5, 0.6) is 5.75 Å². The minimum absolute atomic E-state index is 0.0778. The van der Waals surface area contributed by atoms with E-state index >= 15 is 0 Å². The molecule has 0 radical (unpaired) electrons. The minimum Gasteiger partial charge on any atom is -0.458 e. The van der Waals surface area contributed by atoms with Gasteiger partial charge in [0.25, 0.3) is 0 Å². The number of nitrogens with zero attached hydrogens (tertiary/aromatic N) is 1. The molecule has 3 N–H and O–H groups in total. The first-order valence-electron chi connectivity index (χ1n) is 6.66. The van der Waals surface area contributed by atoms with E-state index in [9.17, 15) is 15.2 Å². The Bertz CT molecular complexity index is 894. The normalized spacial score (nSPS) is 16.5. The average Bonchev–Trinajstić information content (AvgIpc) is 2.55. The SMILES string of the molecule is N#CC1=C(N)Oc2c(oc(CO)cc2=O)C1c1ccc(Cl)cc1. The summed E-state index contributed by atoms with van der Waals surface area (Å²) in [4.78, 5) is 12.1. The lowest BCUT2D eigenvalue weighted by atomic mass is 9.87. The van der Waals surface area contributed by atoms with Crippen LogP contribution in [0.3, 0.4) is 0 Å². The van der Waals surface area contributed by atoms with Gasteiger partial charge in [0.05, 0.1) is 5.92 Å². The molecule has 116 valence electrons. The number of fused-ring (bicyclic) bond motifs is 1. The standard InChI is InChI=1S/C16H11ClN2O4/c17-9-3-1-8(2-4-9)13-11(6-18)16(19)23-14-12(21)5-10(7-20)22-15(13)14/h1-5,13,20H,7,19H2. The van der Waals surface area contributed by atoms with E-state index in [1.54, 1.807) is 24.3 Å². The van der Waals surface area contributed by atoms with Crippen LogP contribution in [0.1, 0.15) is 23.0 Å². The molecule has 0 bridgehead atoms. The van der Waals surface area contributed by atoms with Gasteiger partial charge in [0.2, 0.25) is 17.1 Å². The van der Waals surface area contributed by atoms with Crippen molar-refractivity contribution in [1.82, 2.24) is 0 Å². The maximum Gasteiger partial charge on any atom is 0.228 e. The average molecular weight is 331 g/mol. The monoisotopic (exact) mass is 330 g/mol. The van der Waals surface area contributed by atoms with Crippen molar-refractivity contribution in [3.05, 3.63) is 74.1 Å². The highest BCUT2D eigenvalue weighted by molar-refractivity contribution is 6.30. The molecule has 0 saturated carbocycles. The summed E-state index contributed by atoms with van der Waals surface area (Å²) in [6.07, 6.45) is 0. The lowest BCUT2D eigenvalue weighted by Gasteiger charge is -2.24. The van der Waals surface area contributed by atoms with E-state index in [2.05, 4.69) is 0 Å². The second-order valence-corrected chi connectivity index (χ2v) is 5.34. The van der Waals surface area contributed by atoms with Crippen LogP contribution in [0.4, 0.5) is 0 Å². The van der Waals surface area contributed by atoms with Crippen LogP contribution in [0.25, 0.3) is 0 Å². The van der Waals surface area contributed by atoms with Crippen LogP contribution < -0.4 is 15.9 Å². The quantitative estimate of drug-likeness (QED) is 0.871. The molecule has 23 heavy (non-hydrogen) atoms. The first kappa shape index (κ1) is 15.2. The lowest BCUT2D eigenvalue weighted by molar-refractivity contribution is 0.231. The zero-order valence-corrected chi connectivity index (χ0v) is 12.5. The molecule has 2 aromatic rings. The molecule has 1 aromatic heterocycles. The molecule has 1 aliphatic heterocycles. The van der Waals surface area contributed by atoms with E-state index in [4.69, 9.17) is 26.5 Å². The highest BCUT2D eigenvalue weighted by Gasteiger charge is 2.35.